The van der Waals surface area contributed by atoms with Crippen molar-refractivity contribution < 1.29 is 14.3 Å². The highest BCUT2D eigenvalue weighted by Crippen LogP contribution is 2.25. The second-order valence-electron chi connectivity index (χ2n) is 5.48. The summed E-state index contributed by atoms with van der Waals surface area (Å²) in [5, 5.41) is 12.0. The number of nitrogens with zero attached hydrogens (tertiary/aromatic N) is 1. The van der Waals surface area contributed by atoms with Crippen molar-refractivity contribution in [3.8, 4) is 0 Å². The van der Waals surface area contributed by atoms with Gasteiger partial charge in [0.15, 0.2) is 0 Å². The van der Waals surface area contributed by atoms with Crippen LogP contribution in [0.1, 0.15) is 30.1 Å². The number of nitrogens with two attached hydrogens (primary N) is 1. The number of anilines is 2. The minimum absolute atomic E-state index is 0.264. The first-order chi connectivity index (χ1) is 10.0. The summed E-state index contributed by atoms with van der Waals surface area (Å²) in [6.07, 6.45) is 2.22. The van der Waals surface area contributed by atoms with E-state index < -0.39 is 17.3 Å². The highest BCUT2D eigenvalue weighted by molar-refractivity contribution is 5.90. The molecule has 0 radical (unpaired) electrons. The van der Waals surface area contributed by atoms with E-state index in [0.29, 0.717) is 11.6 Å². The lowest BCUT2D eigenvalue weighted by atomic mass is 9.96. The van der Waals surface area contributed by atoms with E-state index in [0.717, 1.165) is 39.0 Å². The van der Waals surface area contributed by atoms with Crippen molar-refractivity contribution in [3.63, 3.8) is 0 Å². The van der Waals surface area contributed by atoms with Crippen LogP contribution in [0.3, 0.4) is 0 Å². The molecule has 0 atom stereocenters. The van der Waals surface area contributed by atoms with Crippen molar-refractivity contribution in [2.75, 3.05) is 37.2 Å². The number of hydrogen-bond acceptors (Lipinski definition) is 4. The highest BCUT2D eigenvalue weighted by atomic mass is 19.1. The maximum atomic E-state index is 13.7. The number of nitrogens with one attached hydrogen (secondary N) is 1. The van der Waals surface area contributed by atoms with Crippen LogP contribution in [-0.2, 0) is 0 Å². The van der Waals surface area contributed by atoms with Crippen LogP contribution in [0, 0.1) is 11.7 Å². The predicted molar refractivity (Wildman–Crippen MR) is 81.1 cm³/mol. The molecule has 5 nitrogen and oxygen atoms in total. The second kappa shape index (κ2) is 6.76. The van der Waals surface area contributed by atoms with E-state index in [1.54, 1.807) is 0 Å². The van der Waals surface area contributed by atoms with E-state index in [9.17, 15) is 9.18 Å². The Hall–Kier alpha value is -1.82. The Bertz CT molecular complexity index is 514. The van der Waals surface area contributed by atoms with Gasteiger partial charge in [0.25, 0.3) is 0 Å². The van der Waals surface area contributed by atoms with Gasteiger partial charge in [-0.15, -0.1) is 0 Å². The molecule has 4 N–H and O–H groups in total. The number of carboxylic acid groups (broad SMARTS) is 1. The van der Waals surface area contributed by atoms with Crippen LogP contribution < -0.4 is 11.1 Å². The molecule has 1 aliphatic rings. The molecule has 0 spiro atoms. The molecule has 1 saturated heterocycles. The molecule has 6 heteroatoms. The van der Waals surface area contributed by atoms with Gasteiger partial charge in [-0.3, -0.25) is 0 Å². The van der Waals surface area contributed by atoms with Crippen molar-refractivity contribution in [1.82, 2.24) is 4.90 Å². The quantitative estimate of drug-likeness (QED) is 0.726. The van der Waals surface area contributed by atoms with E-state index in [1.165, 1.54) is 12.1 Å². The zero-order chi connectivity index (χ0) is 15.4. The lowest BCUT2D eigenvalue weighted by Gasteiger charge is -2.31. The third-order valence-electron chi connectivity index (χ3n) is 4.11. The summed E-state index contributed by atoms with van der Waals surface area (Å²) in [5.41, 5.74) is 6.12. The molecule has 1 aromatic rings. The molecule has 1 heterocycles. The molecule has 0 amide bonds. The Labute approximate surface area is 123 Å². The Balaban J connectivity index is 1.95. The molecule has 21 heavy (non-hydrogen) atoms. The van der Waals surface area contributed by atoms with E-state index >= 15 is 0 Å². The van der Waals surface area contributed by atoms with E-state index in [2.05, 4.69) is 17.1 Å². The van der Waals surface area contributed by atoms with Gasteiger partial charge >= 0.3 is 5.97 Å². The van der Waals surface area contributed by atoms with Gasteiger partial charge in [0, 0.05) is 6.54 Å². The molecular weight excluding hydrogens is 273 g/mol. The number of hydrogen-bond donors (Lipinski definition) is 3. The van der Waals surface area contributed by atoms with Gasteiger partial charge in [0.05, 0.1) is 16.9 Å². The van der Waals surface area contributed by atoms with Gasteiger partial charge in [-0.25, -0.2) is 9.18 Å². The Morgan fingerprint density at radius 2 is 2.14 bits per heavy atom. The van der Waals surface area contributed by atoms with Gasteiger partial charge in [-0.2, -0.15) is 0 Å². The minimum Gasteiger partial charge on any atom is -0.478 e. The summed E-state index contributed by atoms with van der Waals surface area (Å²) in [4.78, 5) is 13.2. The van der Waals surface area contributed by atoms with E-state index in [4.69, 9.17) is 10.8 Å². The zero-order valence-corrected chi connectivity index (χ0v) is 12.2. The van der Waals surface area contributed by atoms with Gasteiger partial charge in [-0.05, 0) is 50.5 Å². The standard InChI is InChI=1S/C15H22FN3O2/c1-2-19-5-3-10(4-6-19)9-18-14-8-12(16)11(15(20)21)7-13(14)17/h7-8,10,18H,2-6,9,17H2,1H3,(H,20,21). The number of aromatic carboxylic acids is 1. The fourth-order valence-electron chi connectivity index (χ4n) is 2.67. The normalized spacial score (nSPS) is 16.9. The molecule has 1 aromatic carbocycles. The predicted octanol–water partition coefficient (Wildman–Crippen LogP) is 2.25. The number of halogens is 1. The van der Waals surface area contributed by atoms with Crippen LogP contribution in [0.5, 0.6) is 0 Å². The molecule has 2 rings (SSSR count). The maximum absolute atomic E-state index is 13.7. The van der Waals surface area contributed by atoms with Gasteiger partial charge in [-0.1, -0.05) is 6.92 Å². The van der Waals surface area contributed by atoms with Crippen LogP contribution in [0.15, 0.2) is 12.1 Å². The molecule has 0 bridgehead atoms. The lowest BCUT2D eigenvalue weighted by molar-refractivity contribution is 0.0692. The molecule has 116 valence electrons. The molecule has 0 aromatic heterocycles. The first kappa shape index (κ1) is 15.6. The van der Waals surface area contributed by atoms with Crippen LogP contribution in [0.2, 0.25) is 0 Å². The molecule has 0 unspecified atom stereocenters. The number of rotatable bonds is 5. The van der Waals surface area contributed by atoms with Crippen molar-refractivity contribution in [2.24, 2.45) is 5.92 Å². The van der Waals surface area contributed by atoms with Crippen molar-refractivity contribution >= 4 is 17.3 Å². The smallest absolute Gasteiger partial charge is 0.338 e. The fraction of sp³-hybridized carbons (Fsp3) is 0.533. The van der Waals surface area contributed by atoms with Crippen LogP contribution in [0.4, 0.5) is 15.8 Å². The van der Waals surface area contributed by atoms with Crippen LogP contribution in [-0.4, -0.2) is 42.2 Å². The van der Waals surface area contributed by atoms with E-state index in [1.807, 2.05) is 0 Å². The number of nitrogen functional groups attached to an aromatic ring is 1. The summed E-state index contributed by atoms with van der Waals surface area (Å²) in [7, 11) is 0. The van der Waals surface area contributed by atoms with Crippen molar-refractivity contribution in [1.29, 1.82) is 0 Å². The summed E-state index contributed by atoms with van der Waals surface area (Å²) >= 11 is 0. The Kier molecular flexibility index (Phi) is 5.01. The average Bonchev–Trinajstić information content (AvgIpc) is 2.48. The number of piperidine rings is 1. The SMILES string of the molecule is CCN1CCC(CNc2cc(F)c(C(=O)O)cc2N)CC1. The third-order valence-corrected chi connectivity index (χ3v) is 4.11. The average molecular weight is 295 g/mol. The number of likely N-dealkylation sites (tertiary alicyclic amines) is 1. The largest absolute Gasteiger partial charge is 0.478 e. The number of benzene rings is 1. The zero-order valence-electron chi connectivity index (χ0n) is 12.2. The lowest BCUT2D eigenvalue weighted by Crippen LogP contribution is -2.35. The number of carbonyl (C=O) groups is 1. The van der Waals surface area contributed by atoms with Crippen LogP contribution in [0.25, 0.3) is 0 Å². The first-order valence-electron chi connectivity index (χ1n) is 7.29. The topological polar surface area (TPSA) is 78.6 Å². The second-order valence-corrected chi connectivity index (χ2v) is 5.48. The number of carboxylic acids is 1. The van der Waals surface area contributed by atoms with Crippen molar-refractivity contribution in [3.05, 3.63) is 23.5 Å². The van der Waals surface area contributed by atoms with Gasteiger partial charge in [0.2, 0.25) is 0 Å². The summed E-state index contributed by atoms with van der Waals surface area (Å²) in [6.45, 7) is 6.14. The molecule has 0 saturated carbocycles. The molecule has 0 aliphatic carbocycles. The highest BCUT2D eigenvalue weighted by Gasteiger charge is 2.19. The molecular formula is C15H22FN3O2. The van der Waals surface area contributed by atoms with Gasteiger partial charge in [0.1, 0.15) is 5.82 Å². The third kappa shape index (κ3) is 3.85. The van der Waals surface area contributed by atoms with Gasteiger partial charge < -0.3 is 21.1 Å². The molecule has 1 fully saturated rings. The Morgan fingerprint density at radius 1 is 1.48 bits per heavy atom. The Morgan fingerprint density at radius 3 is 2.71 bits per heavy atom. The monoisotopic (exact) mass is 295 g/mol. The first-order valence-corrected chi connectivity index (χ1v) is 7.29. The van der Waals surface area contributed by atoms with Crippen molar-refractivity contribution in [2.45, 2.75) is 19.8 Å². The van der Waals surface area contributed by atoms with E-state index in [-0.39, 0.29) is 5.69 Å². The maximum Gasteiger partial charge on any atom is 0.338 e. The van der Waals surface area contributed by atoms with Crippen LogP contribution >= 0.6 is 0 Å². The fourth-order valence-corrected chi connectivity index (χ4v) is 2.67. The molecule has 1 aliphatic heterocycles. The minimum atomic E-state index is -1.31. The summed E-state index contributed by atoms with van der Waals surface area (Å²) < 4.78 is 13.7. The summed E-state index contributed by atoms with van der Waals surface area (Å²) in [6, 6.07) is 2.33. The summed E-state index contributed by atoms with van der Waals surface area (Å²) in [5.74, 6) is -1.54.